The molecule has 15 nitrogen and oxygen atoms in total. The number of benzene rings is 1. The number of hydrogen-bond acceptors (Lipinski definition) is 12. The number of amides is 3. The predicted molar refractivity (Wildman–Crippen MR) is 268 cm³/mol. The lowest BCUT2D eigenvalue weighted by Crippen LogP contribution is -2.60. The molecule has 16 heteroatoms. The second kappa shape index (κ2) is 19.7. The molecule has 6 heterocycles. The summed E-state index contributed by atoms with van der Waals surface area (Å²) in [5.41, 5.74) is 8.55. The summed E-state index contributed by atoms with van der Waals surface area (Å²) in [6, 6.07) is 7.05. The molecule has 2 saturated heterocycles. The van der Waals surface area contributed by atoms with Crippen molar-refractivity contribution in [1.82, 2.24) is 40.1 Å². The van der Waals surface area contributed by atoms with Crippen molar-refractivity contribution in [2.45, 2.75) is 144 Å². The number of carbonyl (C=O) groups excluding carboxylic acids is 4. The highest BCUT2D eigenvalue weighted by atomic mass is 32.1. The molecule has 69 heavy (non-hydrogen) atoms. The van der Waals surface area contributed by atoms with Crippen molar-refractivity contribution in [3.05, 3.63) is 57.7 Å². The molecule has 0 radical (unpaired) electrons. The van der Waals surface area contributed by atoms with Crippen molar-refractivity contribution in [1.29, 1.82) is 0 Å². The molecule has 5 atom stereocenters. The summed E-state index contributed by atoms with van der Waals surface area (Å²) in [7, 11) is 1.76. The summed E-state index contributed by atoms with van der Waals surface area (Å²) < 4.78 is 14.1. The maximum Gasteiger partial charge on any atom is 0.410 e. The number of aryl methyl sites for hydroxylation is 1. The van der Waals surface area contributed by atoms with Gasteiger partial charge in [0, 0.05) is 103 Å². The highest BCUT2D eigenvalue weighted by Crippen LogP contribution is 2.46. The molecule has 1 saturated carbocycles. The molecule has 3 aromatic heterocycles. The summed E-state index contributed by atoms with van der Waals surface area (Å²) >= 11 is 1.47. The summed E-state index contributed by atoms with van der Waals surface area (Å²) in [4.78, 5) is 68.5. The Balaban J connectivity index is 1.16. The van der Waals surface area contributed by atoms with Crippen LogP contribution in [0.25, 0.3) is 33.4 Å². The first-order valence-corrected chi connectivity index (χ1v) is 26.0. The molecule has 1 unspecified atom stereocenters. The number of likely N-dealkylation sites (N-methyl/N-ethyl adjacent to an activating group) is 1. The van der Waals surface area contributed by atoms with Gasteiger partial charge in [0.05, 0.1) is 34.3 Å². The molecule has 3 N–H and O–H groups in total. The van der Waals surface area contributed by atoms with E-state index in [0.29, 0.717) is 71.4 Å². The average molecular weight is 967 g/mol. The molecule has 4 aromatic rings. The number of hydrazine groups is 1. The second-order valence-corrected chi connectivity index (χ2v) is 23.2. The number of esters is 1. The van der Waals surface area contributed by atoms with E-state index in [4.69, 9.17) is 19.4 Å². The molecule has 6 bridgehead atoms. The fourth-order valence-corrected chi connectivity index (χ4v) is 11.3. The van der Waals surface area contributed by atoms with E-state index in [2.05, 4.69) is 92.9 Å². The van der Waals surface area contributed by atoms with Crippen LogP contribution in [0.4, 0.5) is 4.79 Å². The number of cyclic esters (lactones) is 1. The average Bonchev–Trinajstić information content (AvgIpc) is 3.56. The Morgan fingerprint density at radius 1 is 1.10 bits per heavy atom. The quantitative estimate of drug-likeness (QED) is 0.141. The van der Waals surface area contributed by atoms with Crippen LogP contribution in [0.3, 0.4) is 0 Å². The van der Waals surface area contributed by atoms with Crippen molar-refractivity contribution in [3.8, 4) is 22.5 Å². The number of fused-ring (bicyclic) bond motifs is 6. The van der Waals surface area contributed by atoms with E-state index in [1.165, 1.54) is 16.3 Å². The van der Waals surface area contributed by atoms with Crippen molar-refractivity contribution in [2.75, 3.05) is 46.4 Å². The van der Waals surface area contributed by atoms with Crippen LogP contribution in [0.5, 0.6) is 0 Å². The summed E-state index contributed by atoms with van der Waals surface area (Å²) in [6.45, 7) is 24.1. The lowest BCUT2D eigenvalue weighted by Gasteiger charge is -2.39. The molecule has 3 amide bonds. The number of piperidine rings is 1. The summed E-state index contributed by atoms with van der Waals surface area (Å²) in [5.74, 6) is -0.426. The van der Waals surface area contributed by atoms with Crippen LogP contribution >= 0.6 is 11.3 Å². The first-order chi connectivity index (χ1) is 32.6. The minimum Gasteiger partial charge on any atom is -0.464 e. The molecule has 8 rings (SSSR count). The van der Waals surface area contributed by atoms with Gasteiger partial charge in [-0.15, -0.1) is 11.3 Å². The predicted octanol–water partition coefficient (Wildman–Crippen LogP) is 7.67. The Morgan fingerprint density at radius 2 is 1.83 bits per heavy atom. The van der Waals surface area contributed by atoms with Crippen molar-refractivity contribution in [2.24, 2.45) is 23.2 Å². The van der Waals surface area contributed by atoms with Gasteiger partial charge in [0.2, 0.25) is 5.91 Å². The number of aliphatic hydroxyl groups is 1. The van der Waals surface area contributed by atoms with Gasteiger partial charge in [-0.1, -0.05) is 47.6 Å². The lowest BCUT2D eigenvalue weighted by molar-refractivity contribution is -0.155. The van der Waals surface area contributed by atoms with Gasteiger partial charge >= 0.3 is 12.1 Å². The number of rotatable bonds is 9. The van der Waals surface area contributed by atoms with E-state index >= 15 is 0 Å². The van der Waals surface area contributed by atoms with Gasteiger partial charge in [0.1, 0.15) is 17.7 Å². The third-order valence-corrected chi connectivity index (χ3v) is 15.7. The fraction of sp³-hybridized carbons (Fsp3) is 0.623. The Labute approximate surface area is 411 Å². The van der Waals surface area contributed by atoms with E-state index in [1.807, 2.05) is 32.3 Å². The molecule has 3 aliphatic heterocycles. The number of nitrogens with one attached hydrogen (secondary N) is 2. The van der Waals surface area contributed by atoms with Crippen molar-refractivity contribution in [3.63, 3.8) is 0 Å². The van der Waals surface area contributed by atoms with Gasteiger partial charge in [-0.05, 0) is 101 Å². The highest BCUT2D eigenvalue weighted by Gasteiger charge is 2.49. The number of carbonyl (C=O) groups is 4. The molecule has 374 valence electrons. The number of thiazole rings is 1. The van der Waals surface area contributed by atoms with Crippen LogP contribution < -0.4 is 10.7 Å². The standard InChI is InChI=1S/C53H74N8O7S/c1-12-60-42-16-15-34-24-36(42)38(46(60)37-25-35(28-54-45(37)31(2)3)53(66)17-20-59(21-18-53)23-22-58(11)50(65)68-51(6,7)8)27-52(9,10)30-67-49(64)39-14-13-19-61(57-39)48(63)40(26-43-55-41(34)29-69-43)56-47(62)44-32(4)33(44)5/h15-16,24-25,28-29,31-33,39-40,44,57,66H,12-14,17-23,26-27,30H2,1-11H3,(H,56,62)/t32-,33+,39-,40-,44?/m0/s1. The second-order valence-electron chi connectivity index (χ2n) is 22.3. The monoisotopic (exact) mass is 967 g/mol. The van der Waals surface area contributed by atoms with Crippen LogP contribution in [0.1, 0.15) is 123 Å². The first-order valence-electron chi connectivity index (χ1n) is 25.1. The smallest absolute Gasteiger partial charge is 0.410 e. The normalized spacial score (nSPS) is 24.2. The molecule has 1 aliphatic carbocycles. The van der Waals surface area contributed by atoms with Gasteiger partial charge in [0.15, 0.2) is 0 Å². The molecule has 3 fully saturated rings. The van der Waals surface area contributed by atoms with Gasteiger partial charge < -0.3 is 34.3 Å². The van der Waals surface area contributed by atoms with Gasteiger partial charge in [0.25, 0.3) is 5.91 Å². The third-order valence-electron chi connectivity index (χ3n) is 14.8. The minimum absolute atomic E-state index is 0.0688. The van der Waals surface area contributed by atoms with Crippen molar-refractivity contribution < 1.29 is 33.8 Å². The molecule has 1 aromatic carbocycles. The largest absolute Gasteiger partial charge is 0.464 e. The maximum absolute atomic E-state index is 14.3. The Kier molecular flexibility index (Phi) is 14.4. The van der Waals surface area contributed by atoms with Gasteiger partial charge in [-0.2, -0.15) is 0 Å². The zero-order chi connectivity index (χ0) is 49.7. The van der Waals surface area contributed by atoms with E-state index in [0.717, 1.165) is 55.2 Å². The van der Waals surface area contributed by atoms with Crippen LogP contribution in [0.15, 0.2) is 35.8 Å². The fourth-order valence-electron chi connectivity index (χ4n) is 10.5. The molecular formula is C53H74N8O7S. The highest BCUT2D eigenvalue weighted by molar-refractivity contribution is 7.10. The lowest BCUT2D eigenvalue weighted by atomic mass is 9.81. The number of hydrogen-bond donors (Lipinski definition) is 3. The van der Waals surface area contributed by atoms with Crippen LogP contribution in [0, 0.1) is 23.2 Å². The van der Waals surface area contributed by atoms with Crippen molar-refractivity contribution >= 4 is 46.1 Å². The van der Waals surface area contributed by atoms with Crippen LogP contribution in [0.2, 0.25) is 0 Å². The van der Waals surface area contributed by atoms with E-state index in [-0.39, 0.29) is 54.6 Å². The summed E-state index contributed by atoms with van der Waals surface area (Å²) in [6.07, 6.45) is 4.43. The minimum atomic E-state index is -1.11. The topological polar surface area (TPSA) is 171 Å². The maximum atomic E-state index is 14.3. The third kappa shape index (κ3) is 10.9. The SMILES string of the molecule is CCn1c(-c2cc(C3(O)CCN(CCN(C)C(=O)OC(C)(C)C)CC3)cnc2C(C)C)c2c3cc(ccc31)-c1csc(n1)C[C@H](NC(=O)C1[C@@H](C)[C@H]1C)C(=O)N1CCC[C@H](N1)C(=O)OCC(C)(C)C2. The number of pyridine rings is 1. The number of likely N-dealkylation sites (tertiary alicyclic amines) is 1. The van der Waals surface area contributed by atoms with Gasteiger partial charge in [-0.25, -0.2) is 15.2 Å². The zero-order valence-corrected chi connectivity index (χ0v) is 43.4. The number of aromatic nitrogens is 3. The number of ether oxygens (including phenoxy) is 2. The molecule has 0 spiro atoms. The Bertz CT molecular complexity index is 2560. The van der Waals surface area contributed by atoms with Crippen LogP contribution in [-0.4, -0.2) is 122 Å². The molecule has 4 aliphatic rings. The first kappa shape index (κ1) is 50.5. The van der Waals surface area contributed by atoms with Crippen LogP contribution in [-0.2, 0) is 48.8 Å². The van der Waals surface area contributed by atoms with E-state index < -0.39 is 34.7 Å². The Morgan fingerprint density at radius 3 is 2.49 bits per heavy atom. The van der Waals surface area contributed by atoms with E-state index in [1.54, 1.807) is 11.9 Å². The number of nitrogens with zero attached hydrogens (tertiary/aromatic N) is 6. The summed E-state index contributed by atoms with van der Waals surface area (Å²) in [5, 5.41) is 20.9. The molecular weight excluding hydrogens is 893 g/mol. The zero-order valence-electron chi connectivity index (χ0n) is 42.6. The van der Waals surface area contributed by atoms with E-state index in [9.17, 15) is 24.3 Å². The van der Waals surface area contributed by atoms with Gasteiger partial charge in [-0.3, -0.25) is 24.4 Å². The Hall–Kier alpha value is -4.90.